The second-order valence-corrected chi connectivity index (χ2v) is 7.32. The van der Waals surface area contributed by atoms with Gasteiger partial charge in [0.2, 0.25) is 5.91 Å². The highest BCUT2D eigenvalue weighted by Gasteiger charge is 2.17. The first kappa shape index (κ1) is 21.1. The zero-order chi connectivity index (χ0) is 19.6. The van der Waals surface area contributed by atoms with E-state index in [0.717, 1.165) is 24.8 Å². The van der Waals surface area contributed by atoms with Gasteiger partial charge in [-0.1, -0.05) is 37.6 Å². The van der Waals surface area contributed by atoms with Crippen LogP contribution in [0.3, 0.4) is 0 Å². The molecule has 0 aliphatic heterocycles. The summed E-state index contributed by atoms with van der Waals surface area (Å²) >= 11 is 0. The van der Waals surface area contributed by atoms with Gasteiger partial charge in [0.15, 0.2) is 0 Å². The maximum Gasteiger partial charge on any atom is 0.321 e. The van der Waals surface area contributed by atoms with Gasteiger partial charge in [-0.15, -0.1) is 0 Å². The van der Waals surface area contributed by atoms with Crippen molar-refractivity contribution in [3.63, 3.8) is 0 Å². The Morgan fingerprint density at radius 1 is 1.15 bits per heavy atom. The summed E-state index contributed by atoms with van der Waals surface area (Å²) in [6.07, 6.45) is 7.77. The first-order chi connectivity index (χ1) is 13.0. The lowest BCUT2D eigenvalue weighted by atomic mass is 9.96. The van der Waals surface area contributed by atoms with Crippen LogP contribution in [0.2, 0.25) is 0 Å². The molecule has 6 heteroatoms. The number of benzene rings is 1. The summed E-state index contributed by atoms with van der Waals surface area (Å²) in [5, 5.41) is 8.21. The van der Waals surface area contributed by atoms with Crippen molar-refractivity contribution in [2.45, 2.75) is 52.0 Å². The molecule has 0 saturated carbocycles. The van der Waals surface area contributed by atoms with Crippen molar-refractivity contribution in [1.82, 2.24) is 16.0 Å². The maximum atomic E-state index is 13.1. The van der Waals surface area contributed by atoms with Crippen LogP contribution in [0.15, 0.2) is 35.9 Å². The van der Waals surface area contributed by atoms with Gasteiger partial charge in [-0.3, -0.25) is 10.1 Å². The predicted octanol–water partition coefficient (Wildman–Crippen LogP) is 3.83. The number of nitrogens with one attached hydrogen (secondary N) is 3. The lowest BCUT2D eigenvalue weighted by Crippen LogP contribution is -2.44. The third kappa shape index (κ3) is 7.51. The second-order valence-electron chi connectivity index (χ2n) is 7.32. The minimum atomic E-state index is -0.471. The lowest BCUT2D eigenvalue weighted by Gasteiger charge is -2.22. The highest BCUT2D eigenvalue weighted by Crippen LogP contribution is 2.21. The van der Waals surface area contributed by atoms with Gasteiger partial charge < -0.3 is 10.6 Å². The molecule has 0 radical (unpaired) electrons. The Balaban J connectivity index is 1.72. The molecule has 0 bridgehead atoms. The monoisotopic (exact) mass is 375 g/mol. The molecular weight excluding hydrogens is 345 g/mol. The van der Waals surface area contributed by atoms with Crippen LogP contribution in [0.25, 0.3) is 0 Å². The molecule has 0 aromatic heterocycles. The fourth-order valence-corrected chi connectivity index (χ4v) is 3.29. The first-order valence-corrected chi connectivity index (χ1v) is 9.70. The van der Waals surface area contributed by atoms with Crippen LogP contribution in [-0.2, 0) is 4.79 Å². The van der Waals surface area contributed by atoms with Crippen molar-refractivity contribution in [3.8, 4) is 0 Å². The minimum Gasteiger partial charge on any atom is -0.337 e. The predicted molar refractivity (Wildman–Crippen MR) is 105 cm³/mol. The molecule has 1 aromatic carbocycles. The van der Waals surface area contributed by atoms with Gasteiger partial charge in [0.1, 0.15) is 5.82 Å². The molecule has 0 heterocycles. The Morgan fingerprint density at radius 3 is 2.52 bits per heavy atom. The molecule has 1 aromatic rings. The van der Waals surface area contributed by atoms with E-state index in [2.05, 4.69) is 22.0 Å². The van der Waals surface area contributed by atoms with Gasteiger partial charge in [0.05, 0.1) is 6.54 Å². The van der Waals surface area contributed by atoms with Crippen molar-refractivity contribution in [2.75, 3.05) is 13.1 Å². The van der Waals surface area contributed by atoms with E-state index in [9.17, 15) is 14.0 Å². The molecule has 3 N–H and O–H groups in total. The number of hydrogen-bond acceptors (Lipinski definition) is 3. The minimum absolute atomic E-state index is 0.0127. The molecule has 1 atom stereocenters. The number of halogens is 1. The Morgan fingerprint density at radius 2 is 1.89 bits per heavy atom. The van der Waals surface area contributed by atoms with Crippen LogP contribution in [-0.4, -0.2) is 25.0 Å². The normalized spacial score (nSPS) is 15.2. The Labute approximate surface area is 160 Å². The number of carbonyl (C=O) groups is 2. The number of imide groups is 1. The SMILES string of the molecule is CC(C)C(NCC(=O)NC(=O)NCCC1=CCCCC1)c1ccc(F)cc1. The van der Waals surface area contributed by atoms with E-state index in [1.807, 2.05) is 13.8 Å². The van der Waals surface area contributed by atoms with E-state index in [-0.39, 0.29) is 24.3 Å². The van der Waals surface area contributed by atoms with Crippen molar-refractivity contribution in [1.29, 1.82) is 0 Å². The van der Waals surface area contributed by atoms with Gasteiger partial charge in [-0.05, 0) is 55.7 Å². The standard InChI is InChI=1S/C21H30FN3O2/c1-15(2)20(17-8-10-18(22)11-9-17)24-14-19(26)25-21(27)23-13-12-16-6-4-3-5-7-16/h6,8-11,15,20,24H,3-5,7,12-14H2,1-2H3,(H2,23,25,26,27). The van der Waals surface area contributed by atoms with Crippen molar-refractivity contribution >= 4 is 11.9 Å². The topological polar surface area (TPSA) is 70.2 Å². The number of rotatable bonds is 8. The molecule has 5 nitrogen and oxygen atoms in total. The third-order valence-electron chi connectivity index (χ3n) is 4.75. The molecule has 1 aliphatic carbocycles. The molecular formula is C21H30FN3O2. The van der Waals surface area contributed by atoms with E-state index in [0.29, 0.717) is 6.54 Å². The van der Waals surface area contributed by atoms with Gasteiger partial charge in [0, 0.05) is 12.6 Å². The van der Waals surface area contributed by atoms with E-state index >= 15 is 0 Å². The third-order valence-corrected chi connectivity index (χ3v) is 4.75. The molecule has 1 aliphatic rings. The number of allylic oxidation sites excluding steroid dienone is 1. The van der Waals surface area contributed by atoms with E-state index < -0.39 is 11.9 Å². The maximum absolute atomic E-state index is 13.1. The van der Waals surface area contributed by atoms with Crippen LogP contribution in [0.4, 0.5) is 9.18 Å². The molecule has 148 valence electrons. The summed E-state index contributed by atoms with van der Waals surface area (Å²) in [7, 11) is 0. The summed E-state index contributed by atoms with van der Waals surface area (Å²) < 4.78 is 13.1. The highest BCUT2D eigenvalue weighted by atomic mass is 19.1. The van der Waals surface area contributed by atoms with Crippen molar-refractivity contribution in [2.24, 2.45) is 5.92 Å². The number of hydrogen-bond donors (Lipinski definition) is 3. The summed E-state index contributed by atoms with van der Waals surface area (Å²) in [5.74, 6) is -0.474. The number of urea groups is 1. The van der Waals surface area contributed by atoms with Crippen LogP contribution in [0.5, 0.6) is 0 Å². The largest absolute Gasteiger partial charge is 0.337 e. The highest BCUT2D eigenvalue weighted by molar-refractivity contribution is 5.95. The smallest absolute Gasteiger partial charge is 0.321 e. The Bertz CT molecular complexity index is 656. The Kier molecular flexibility index (Phi) is 8.45. The summed E-state index contributed by atoms with van der Waals surface area (Å²) in [6, 6.07) is 5.65. The van der Waals surface area contributed by atoms with Crippen LogP contribution in [0.1, 0.15) is 57.6 Å². The van der Waals surface area contributed by atoms with Crippen LogP contribution in [0, 0.1) is 11.7 Å². The van der Waals surface area contributed by atoms with Gasteiger partial charge in [-0.25, -0.2) is 9.18 Å². The first-order valence-electron chi connectivity index (χ1n) is 9.70. The number of amides is 3. The Hall–Kier alpha value is -2.21. The van der Waals surface area contributed by atoms with Crippen molar-refractivity contribution in [3.05, 3.63) is 47.3 Å². The second kappa shape index (κ2) is 10.8. The zero-order valence-electron chi connectivity index (χ0n) is 16.2. The fourth-order valence-electron chi connectivity index (χ4n) is 3.29. The summed E-state index contributed by atoms with van der Waals surface area (Å²) in [6.45, 7) is 4.58. The lowest BCUT2D eigenvalue weighted by molar-refractivity contribution is -0.119. The fraction of sp³-hybridized carbons (Fsp3) is 0.524. The number of carbonyl (C=O) groups excluding carboxylic acids is 2. The summed E-state index contributed by atoms with van der Waals surface area (Å²) in [5.41, 5.74) is 2.29. The average molecular weight is 375 g/mol. The van der Waals surface area contributed by atoms with E-state index in [4.69, 9.17) is 0 Å². The average Bonchev–Trinajstić information content (AvgIpc) is 2.64. The molecule has 3 amide bonds. The molecule has 1 unspecified atom stereocenters. The summed E-state index contributed by atoms with van der Waals surface area (Å²) in [4.78, 5) is 23.9. The molecule has 27 heavy (non-hydrogen) atoms. The van der Waals surface area contributed by atoms with E-state index in [1.54, 1.807) is 12.1 Å². The van der Waals surface area contributed by atoms with Gasteiger partial charge >= 0.3 is 6.03 Å². The van der Waals surface area contributed by atoms with E-state index in [1.165, 1.54) is 30.5 Å². The van der Waals surface area contributed by atoms with Crippen LogP contribution < -0.4 is 16.0 Å². The van der Waals surface area contributed by atoms with Crippen molar-refractivity contribution < 1.29 is 14.0 Å². The molecule has 2 rings (SSSR count). The molecule has 0 fully saturated rings. The quantitative estimate of drug-likeness (QED) is 0.605. The molecule has 0 saturated heterocycles. The molecule has 0 spiro atoms. The van der Waals surface area contributed by atoms with Gasteiger partial charge in [0.25, 0.3) is 0 Å². The van der Waals surface area contributed by atoms with Crippen LogP contribution >= 0.6 is 0 Å². The van der Waals surface area contributed by atoms with Gasteiger partial charge in [-0.2, -0.15) is 0 Å². The zero-order valence-corrected chi connectivity index (χ0v) is 16.2.